The number of nitrogens with one attached hydrogen (secondary N) is 1. The van der Waals surface area contributed by atoms with Crippen LogP contribution in [-0.4, -0.2) is 45.1 Å². The van der Waals surface area contributed by atoms with Gasteiger partial charge < -0.3 is 11.1 Å². The molecule has 0 radical (unpaired) electrons. The van der Waals surface area contributed by atoms with E-state index in [4.69, 9.17) is 5.73 Å². The van der Waals surface area contributed by atoms with Crippen LogP contribution in [0.4, 0.5) is 27.8 Å². The van der Waals surface area contributed by atoms with Gasteiger partial charge in [0, 0.05) is 31.0 Å². The molecule has 4 rings (SSSR count). The molecule has 2 aromatic carbocycles. The molecule has 2 amide bonds. The molecule has 8 nitrogen and oxygen atoms in total. The molecule has 13 heteroatoms. The van der Waals surface area contributed by atoms with Gasteiger partial charge >= 0.3 is 6.18 Å². The number of anilines is 1. The Morgan fingerprint density at radius 3 is 2.20 bits per heavy atom. The summed E-state index contributed by atoms with van der Waals surface area (Å²) in [5.74, 6) is -11.2. The molecule has 218 valence electrons. The monoisotopic (exact) mass is 577 g/mol. The maximum atomic E-state index is 16.0. The Morgan fingerprint density at radius 1 is 1.02 bits per heavy atom. The van der Waals surface area contributed by atoms with Crippen LogP contribution in [0.1, 0.15) is 53.9 Å². The molecule has 1 saturated heterocycles. The molecular formula is C28H28F5N5O3. The van der Waals surface area contributed by atoms with Crippen LogP contribution in [-0.2, 0) is 22.7 Å². The highest BCUT2D eigenvalue weighted by atomic mass is 19.4. The van der Waals surface area contributed by atoms with E-state index in [0.717, 1.165) is 17.7 Å². The van der Waals surface area contributed by atoms with Crippen molar-refractivity contribution < 1.29 is 36.3 Å². The number of likely N-dealkylation sites (tertiary alicyclic amines) is 1. The highest BCUT2D eigenvalue weighted by Crippen LogP contribution is 2.45. The standard InChI is InChI=1S/C28H28F5N5O3/c1-27(2,3)26(41)37-14-18(20(25(37)40)28(31,32)33)22-21(30)23(35-13-16-10-8-15(12-34)9-11-16)38(36-22)24(39)17-6-4-5-7-19(17)29/h4-11,18,20,35H,12-14,34H2,1-3H3. The molecule has 1 aromatic heterocycles. The van der Waals surface area contributed by atoms with Gasteiger partial charge in [-0.1, -0.05) is 57.2 Å². The minimum absolute atomic E-state index is 0.0849. The third kappa shape index (κ3) is 5.85. The van der Waals surface area contributed by atoms with Crippen LogP contribution in [0.15, 0.2) is 48.5 Å². The average molecular weight is 578 g/mol. The third-order valence-electron chi connectivity index (χ3n) is 6.77. The second-order valence-corrected chi connectivity index (χ2v) is 10.7. The van der Waals surface area contributed by atoms with Crippen LogP contribution in [0.25, 0.3) is 0 Å². The Morgan fingerprint density at radius 2 is 1.63 bits per heavy atom. The average Bonchev–Trinajstić information content (AvgIpc) is 3.42. The number of carbonyl (C=O) groups is 3. The number of rotatable bonds is 6. The van der Waals surface area contributed by atoms with E-state index in [-0.39, 0.29) is 13.1 Å². The van der Waals surface area contributed by atoms with Crippen molar-refractivity contribution in [2.45, 2.75) is 46.0 Å². The van der Waals surface area contributed by atoms with E-state index < -0.39 is 76.4 Å². The highest BCUT2D eigenvalue weighted by molar-refractivity contribution is 6.01. The van der Waals surface area contributed by atoms with Gasteiger partial charge in [0.15, 0.2) is 11.6 Å². The minimum Gasteiger partial charge on any atom is -0.363 e. The van der Waals surface area contributed by atoms with E-state index >= 15 is 4.39 Å². The van der Waals surface area contributed by atoms with E-state index in [9.17, 15) is 31.9 Å². The van der Waals surface area contributed by atoms with Crippen LogP contribution < -0.4 is 11.1 Å². The van der Waals surface area contributed by atoms with Crippen molar-refractivity contribution in [3.63, 3.8) is 0 Å². The SMILES string of the molecule is CC(C)(C)C(=O)N1CC(c2nn(C(=O)c3ccccc3F)c(NCc3ccc(CN)cc3)c2F)C(C(F)(F)F)C1=O. The van der Waals surface area contributed by atoms with Crippen LogP contribution in [0.3, 0.4) is 0 Å². The zero-order valence-corrected chi connectivity index (χ0v) is 22.4. The Hall–Kier alpha value is -4.13. The first kappa shape index (κ1) is 29.8. The fourth-order valence-corrected chi connectivity index (χ4v) is 4.61. The van der Waals surface area contributed by atoms with Gasteiger partial charge in [-0.05, 0) is 23.3 Å². The van der Waals surface area contributed by atoms with Crippen LogP contribution in [0.2, 0.25) is 0 Å². The first-order valence-electron chi connectivity index (χ1n) is 12.7. The van der Waals surface area contributed by atoms with Crippen LogP contribution >= 0.6 is 0 Å². The number of alkyl halides is 3. The van der Waals surface area contributed by atoms with Gasteiger partial charge in [0.1, 0.15) is 17.4 Å². The van der Waals surface area contributed by atoms with Crippen molar-refractivity contribution >= 4 is 23.5 Å². The van der Waals surface area contributed by atoms with Crippen LogP contribution in [0.5, 0.6) is 0 Å². The number of nitrogens with two attached hydrogens (primary N) is 1. The van der Waals surface area contributed by atoms with E-state index in [2.05, 4.69) is 10.4 Å². The smallest absolute Gasteiger partial charge is 0.363 e. The number of benzene rings is 2. The van der Waals surface area contributed by atoms with Crippen molar-refractivity contribution in [1.82, 2.24) is 14.7 Å². The number of imide groups is 1. The lowest BCUT2D eigenvalue weighted by atomic mass is 9.91. The van der Waals surface area contributed by atoms with Gasteiger partial charge in [-0.15, -0.1) is 0 Å². The fourth-order valence-electron chi connectivity index (χ4n) is 4.61. The highest BCUT2D eigenvalue weighted by Gasteiger charge is 2.59. The van der Waals surface area contributed by atoms with E-state index in [0.29, 0.717) is 15.1 Å². The molecule has 2 heterocycles. The number of hydrogen-bond acceptors (Lipinski definition) is 6. The van der Waals surface area contributed by atoms with Gasteiger partial charge in [0.25, 0.3) is 5.91 Å². The lowest BCUT2D eigenvalue weighted by molar-refractivity contribution is -0.184. The number of hydrogen-bond donors (Lipinski definition) is 2. The van der Waals surface area contributed by atoms with Crippen molar-refractivity contribution in [2.24, 2.45) is 17.1 Å². The Labute approximate surface area is 232 Å². The van der Waals surface area contributed by atoms with Gasteiger partial charge in [-0.25, -0.2) is 8.78 Å². The molecule has 2 atom stereocenters. The summed E-state index contributed by atoms with van der Waals surface area (Å²) >= 11 is 0. The molecular weight excluding hydrogens is 549 g/mol. The quantitative estimate of drug-likeness (QED) is 0.415. The number of aromatic nitrogens is 2. The summed E-state index contributed by atoms with van der Waals surface area (Å²) in [6, 6.07) is 11.6. The number of nitrogens with zero attached hydrogens (tertiary/aromatic N) is 3. The number of carbonyl (C=O) groups excluding carboxylic acids is 3. The van der Waals surface area contributed by atoms with Gasteiger partial charge in [-0.2, -0.15) is 23.0 Å². The predicted molar refractivity (Wildman–Crippen MR) is 138 cm³/mol. The van der Waals surface area contributed by atoms with Crippen molar-refractivity contribution in [3.8, 4) is 0 Å². The summed E-state index contributed by atoms with van der Waals surface area (Å²) in [6.45, 7) is 3.69. The first-order chi connectivity index (χ1) is 19.1. The summed E-state index contributed by atoms with van der Waals surface area (Å²) in [7, 11) is 0. The zero-order valence-electron chi connectivity index (χ0n) is 22.4. The zero-order chi connectivity index (χ0) is 30.3. The van der Waals surface area contributed by atoms with E-state index in [1.54, 1.807) is 24.3 Å². The molecule has 3 aromatic rings. The maximum absolute atomic E-state index is 16.0. The molecule has 3 N–H and O–H groups in total. The van der Waals surface area contributed by atoms with Crippen molar-refractivity contribution in [3.05, 3.63) is 82.5 Å². The third-order valence-corrected chi connectivity index (χ3v) is 6.77. The predicted octanol–water partition coefficient (Wildman–Crippen LogP) is 4.60. The number of amides is 2. The molecule has 0 spiro atoms. The topological polar surface area (TPSA) is 110 Å². The maximum Gasteiger partial charge on any atom is 0.401 e. The summed E-state index contributed by atoms with van der Waals surface area (Å²) in [4.78, 5) is 39.4. The van der Waals surface area contributed by atoms with E-state index in [1.807, 2.05) is 0 Å². The fraction of sp³-hybridized carbons (Fsp3) is 0.357. The Kier molecular flexibility index (Phi) is 8.03. The molecule has 1 fully saturated rings. The summed E-state index contributed by atoms with van der Waals surface area (Å²) in [5, 5.41) is 6.54. The second-order valence-electron chi connectivity index (χ2n) is 10.7. The summed E-state index contributed by atoms with van der Waals surface area (Å²) in [6.07, 6.45) is -5.15. The molecule has 0 bridgehead atoms. The summed E-state index contributed by atoms with van der Waals surface area (Å²) < 4.78 is 73.4. The Bertz CT molecular complexity index is 1480. The minimum atomic E-state index is -5.15. The van der Waals surface area contributed by atoms with Gasteiger partial charge in [0.2, 0.25) is 11.8 Å². The Balaban J connectivity index is 1.81. The largest absolute Gasteiger partial charge is 0.401 e. The van der Waals surface area contributed by atoms with Gasteiger partial charge in [0.05, 0.1) is 5.56 Å². The van der Waals surface area contributed by atoms with Gasteiger partial charge in [-0.3, -0.25) is 19.3 Å². The molecule has 0 aliphatic carbocycles. The molecule has 0 saturated carbocycles. The molecule has 1 aliphatic rings. The second kappa shape index (κ2) is 11.0. The number of halogens is 5. The molecule has 41 heavy (non-hydrogen) atoms. The lowest BCUT2D eigenvalue weighted by Crippen LogP contribution is -2.43. The summed E-state index contributed by atoms with van der Waals surface area (Å²) in [5.41, 5.74) is 4.47. The van der Waals surface area contributed by atoms with E-state index in [1.165, 1.54) is 32.9 Å². The first-order valence-corrected chi connectivity index (χ1v) is 12.7. The lowest BCUT2D eigenvalue weighted by Gasteiger charge is -2.24. The van der Waals surface area contributed by atoms with Crippen molar-refractivity contribution in [1.29, 1.82) is 0 Å². The molecule has 1 aliphatic heterocycles. The van der Waals surface area contributed by atoms with Crippen molar-refractivity contribution in [2.75, 3.05) is 11.9 Å². The normalized spacial score (nSPS) is 17.7. The molecule has 2 unspecified atom stereocenters. The van der Waals surface area contributed by atoms with Crippen LogP contribution in [0, 0.1) is 23.0 Å².